The SMILES string of the molecule is C.CC(C)(C)OC(=O)N[C@@H]1C[C@H](C(=O)O)CN(C(=O)OCC2c3ccccc3-c3ccccc32)C1.CC(C)(C)OC(=O)N[C@@H]1C[C@H](C([NH-])=O)CN(C(=O)OCC2c3ccccc3-c3ccccc32)C1.CC(C)(C)OC(=O)N[C@H]1CNC[C@@H](C([NH-])=O)C1.[NH2-].[Rb+].[Rb+].[Rb+]. The van der Waals surface area contributed by atoms with E-state index in [0.29, 0.717) is 19.5 Å². The Hall–Kier alpha value is -3.02. The van der Waals surface area contributed by atoms with Gasteiger partial charge in [-0.15, -0.1) is 0 Å². The second-order valence-electron chi connectivity index (χ2n) is 25.0. The van der Waals surface area contributed by atoms with E-state index in [1.807, 2.05) is 72.8 Å². The van der Waals surface area contributed by atoms with Gasteiger partial charge in [-0.05, 0) is 126 Å². The van der Waals surface area contributed by atoms with Gasteiger partial charge in [-0.25, -0.2) is 24.0 Å². The Balaban J connectivity index is 0.000000471. The molecule has 23 nitrogen and oxygen atoms in total. The average Bonchev–Trinajstić information content (AvgIpc) is 1.70. The monoisotopic (exact) mass is 1460 g/mol. The third-order valence-corrected chi connectivity index (χ3v) is 14.7. The predicted molar refractivity (Wildman–Crippen MR) is 328 cm³/mol. The molecule has 0 aromatic heterocycles. The summed E-state index contributed by atoms with van der Waals surface area (Å²) >= 11 is 0. The molecule has 4 aromatic rings. The number of aliphatic carboxylic acids is 1. The van der Waals surface area contributed by atoms with E-state index in [1.165, 1.54) is 9.80 Å². The van der Waals surface area contributed by atoms with E-state index in [-0.39, 0.29) is 264 Å². The van der Waals surface area contributed by atoms with Gasteiger partial charge in [0.05, 0.1) is 29.8 Å². The molecule has 3 fully saturated rings. The number of carboxylic acids is 1. The predicted octanol–water partition coefficient (Wildman–Crippen LogP) is 2.40. The molecule has 6 atom stereocenters. The summed E-state index contributed by atoms with van der Waals surface area (Å²) in [5.74, 6) is -4.41. The Morgan fingerprint density at radius 2 is 0.778 bits per heavy atom. The first-order valence-corrected chi connectivity index (χ1v) is 28.6. The molecular formula is C64H86N9O14Rb3. The van der Waals surface area contributed by atoms with Crippen LogP contribution in [0.1, 0.15) is 123 Å². The molecule has 0 spiro atoms. The average molecular weight is 1460 g/mol. The van der Waals surface area contributed by atoms with Crippen molar-refractivity contribution in [2.75, 3.05) is 52.5 Å². The van der Waals surface area contributed by atoms with Crippen molar-refractivity contribution in [2.24, 2.45) is 17.8 Å². The number of carboxylic acid groups (broad SMARTS) is 1. The molecule has 7 amide bonds. The van der Waals surface area contributed by atoms with Gasteiger partial charge in [-0.2, -0.15) is 0 Å². The second-order valence-corrected chi connectivity index (χ2v) is 25.0. The molecule has 5 aliphatic rings. The van der Waals surface area contributed by atoms with Crippen molar-refractivity contribution in [3.8, 4) is 22.3 Å². The summed E-state index contributed by atoms with van der Waals surface area (Å²) in [6.07, 6.45) is -1.93. The molecule has 26 heteroatoms. The Labute approximate surface area is 675 Å². The number of hydrogen-bond donors (Lipinski definition) is 5. The minimum atomic E-state index is -1.02. The van der Waals surface area contributed by atoms with Gasteiger partial charge in [0, 0.05) is 69.0 Å². The van der Waals surface area contributed by atoms with E-state index < -0.39 is 89.0 Å². The maximum atomic E-state index is 13.0. The van der Waals surface area contributed by atoms with Crippen molar-refractivity contribution in [1.29, 1.82) is 0 Å². The number of fused-ring (bicyclic) bond motifs is 6. The maximum absolute atomic E-state index is 13.0. The number of hydrogen-bond acceptors (Lipinski definition) is 14. The zero-order valence-corrected chi connectivity index (χ0v) is 68.1. The normalized spacial score (nSPS) is 19.6. The fourth-order valence-corrected chi connectivity index (χ4v) is 11.1. The van der Waals surface area contributed by atoms with Gasteiger partial charge in [0.25, 0.3) is 0 Å². The van der Waals surface area contributed by atoms with Crippen LogP contribution in [0.2, 0.25) is 0 Å². The number of benzene rings is 4. The summed E-state index contributed by atoms with van der Waals surface area (Å²) in [5, 5.41) is 20.7. The summed E-state index contributed by atoms with van der Waals surface area (Å²) in [7, 11) is 0. The number of nitrogens with zero attached hydrogens (tertiary/aromatic N) is 2. The maximum Gasteiger partial charge on any atom is 1.00 e. The molecule has 3 aliphatic heterocycles. The topological polar surface area (TPSA) is 339 Å². The molecule has 474 valence electrons. The summed E-state index contributed by atoms with van der Waals surface area (Å²) in [5.41, 5.74) is 21.7. The van der Waals surface area contributed by atoms with Crippen molar-refractivity contribution in [1.82, 2.24) is 31.1 Å². The molecule has 3 saturated heterocycles. The summed E-state index contributed by atoms with van der Waals surface area (Å²) in [4.78, 5) is 99.1. The number of carbonyl (C=O) groups excluding carboxylic acids is 7. The van der Waals surface area contributed by atoms with Crippen molar-refractivity contribution in [2.45, 2.75) is 136 Å². The first-order valence-electron chi connectivity index (χ1n) is 28.6. The third-order valence-electron chi connectivity index (χ3n) is 14.7. The summed E-state index contributed by atoms with van der Waals surface area (Å²) in [6.45, 7) is 17.8. The smallest absolute Gasteiger partial charge is 0.693 e. The van der Waals surface area contributed by atoms with Crippen molar-refractivity contribution in [3.63, 3.8) is 0 Å². The van der Waals surface area contributed by atoms with Gasteiger partial charge >= 0.3 is 211 Å². The Bertz CT molecular complexity index is 2840. The second kappa shape index (κ2) is 37.3. The molecule has 9 N–H and O–H groups in total. The molecule has 0 saturated carbocycles. The van der Waals surface area contributed by atoms with E-state index in [0.717, 1.165) is 44.5 Å². The minimum absolute atomic E-state index is 0. The van der Waals surface area contributed by atoms with E-state index >= 15 is 0 Å². The number of rotatable bonds is 10. The molecule has 2 aliphatic carbocycles. The van der Waals surface area contributed by atoms with Crippen LogP contribution in [0.3, 0.4) is 0 Å². The number of alkyl carbamates (subject to hydrolysis) is 3. The van der Waals surface area contributed by atoms with Crippen LogP contribution in [0.15, 0.2) is 97.1 Å². The van der Waals surface area contributed by atoms with Gasteiger partial charge in [-0.1, -0.05) is 104 Å². The van der Waals surface area contributed by atoms with Gasteiger partial charge in [0.15, 0.2) is 0 Å². The fourth-order valence-electron chi connectivity index (χ4n) is 11.1. The molecule has 0 bridgehead atoms. The largest absolute Gasteiger partial charge is 1.00 e. The van der Waals surface area contributed by atoms with Crippen molar-refractivity contribution < 1.29 is 242 Å². The summed E-state index contributed by atoms with van der Waals surface area (Å²) < 4.78 is 27.1. The number of ether oxygens (including phenoxy) is 5. The van der Waals surface area contributed by atoms with Crippen LogP contribution in [0.5, 0.6) is 0 Å². The zero-order valence-electron chi connectivity index (χ0n) is 53.4. The Morgan fingerprint density at radius 3 is 1.10 bits per heavy atom. The number of nitrogens with one attached hydrogen (secondary N) is 6. The zero-order chi connectivity index (χ0) is 62.0. The van der Waals surface area contributed by atoms with Crippen LogP contribution in [0.4, 0.5) is 24.0 Å². The first-order chi connectivity index (χ1) is 40.0. The first kappa shape index (κ1) is 83.1. The molecule has 0 radical (unpaired) electrons. The van der Waals surface area contributed by atoms with Gasteiger partial charge < -0.3 is 87.1 Å². The van der Waals surface area contributed by atoms with Crippen molar-refractivity contribution in [3.05, 3.63) is 137 Å². The number of nitrogens with two attached hydrogens (primary N) is 1. The van der Waals surface area contributed by atoms with Crippen LogP contribution >= 0.6 is 0 Å². The van der Waals surface area contributed by atoms with E-state index in [9.17, 15) is 43.5 Å². The summed E-state index contributed by atoms with van der Waals surface area (Å²) in [6, 6.07) is 31.1. The van der Waals surface area contributed by atoms with Crippen LogP contribution in [-0.2, 0) is 38.1 Å². The quantitative estimate of drug-likeness (QED) is 0.142. The van der Waals surface area contributed by atoms with Crippen LogP contribution in [0.25, 0.3) is 39.9 Å². The molecule has 90 heavy (non-hydrogen) atoms. The van der Waals surface area contributed by atoms with Crippen LogP contribution in [0, 0.1) is 17.8 Å². The number of carbonyl (C=O) groups is 8. The van der Waals surface area contributed by atoms with Gasteiger partial charge in [-0.3, -0.25) is 4.79 Å². The Morgan fingerprint density at radius 1 is 0.478 bits per heavy atom. The number of amides is 7. The van der Waals surface area contributed by atoms with E-state index in [4.69, 9.17) is 35.2 Å². The Kier molecular flexibility index (Phi) is 34.4. The number of piperidine rings is 3. The molecule has 9 rings (SSSR count). The molecule has 4 aromatic carbocycles. The van der Waals surface area contributed by atoms with E-state index in [2.05, 4.69) is 45.5 Å². The van der Waals surface area contributed by atoms with E-state index in [1.54, 1.807) is 62.3 Å². The molecule has 0 unspecified atom stereocenters. The van der Waals surface area contributed by atoms with Crippen LogP contribution in [-0.4, -0.2) is 151 Å². The third kappa shape index (κ3) is 24.6. The molecule has 3 heterocycles. The van der Waals surface area contributed by atoms with Gasteiger partial charge in [0.2, 0.25) is 0 Å². The fraction of sp³-hybridized carbons (Fsp3) is 0.500. The van der Waals surface area contributed by atoms with Gasteiger partial charge in [0.1, 0.15) is 30.0 Å². The minimum Gasteiger partial charge on any atom is -0.693 e. The number of likely N-dealkylation sites (tertiary alicyclic amines) is 2. The molecular weight excluding hydrogens is 1380 g/mol. The van der Waals surface area contributed by atoms with Crippen molar-refractivity contribution >= 4 is 48.2 Å². The standard InChI is InChI=1S/C26H31N3O5.C26H30N2O6.C11H21N3O3.CH4.H2N.3Rb/c1-26(2,3)34-24(31)28-17-12-16(23(27)30)13-29(14-17)25(32)33-15-22-20-10-6-4-8-18(20)19-9-5-7-11-21(19)22;1-26(2,3)34-24(31)27-17-12-16(23(29)30)13-28(14-17)25(32)33-15-22-20-10-6-4-8-18(20)19-9-5-7-11-21(19)22;1-11(2,3)17-10(16)14-8-4-7(9(12)15)5-13-6-8;;;;;/h4-11,16-17,22H,12-15H2,1-3H3,(H3,27,28,30,31);4-11,16-17,22H,12-15H2,1-3H3,(H,27,31)(H,29,30);7-8,13H,4-6H2,1-3H3,(H3,12,14,15,16);1H4;1H2;;;/q;;;;-1;3*+1/p-2/t2*16-,17+;7-,8+;;;;;/m000...../s1. The van der Waals surface area contributed by atoms with Crippen LogP contribution < -0.4 is 196 Å².